The average molecular weight is 770 g/mol. The van der Waals surface area contributed by atoms with Crippen LogP contribution in [0.2, 0.25) is 0 Å². The molecule has 2 heterocycles. The first kappa shape index (κ1) is 34.7. The Labute approximate surface area is 346 Å². The van der Waals surface area contributed by atoms with E-state index in [9.17, 15) is 0 Å². The predicted molar refractivity (Wildman–Crippen MR) is 248 cm³/mol. The van der Waals surface area contributed by atoms with Crippen molar-refractivity contribution in [2.75, 3.05) is 0 Å². The molecule has 0 N–H and O–H groups in total. The first-order valence-corrected chi connectivity index (χ1v) is 20.7. The van der Waals surface area contributed by atoms with Gasteiger partial charge in [-0.1, -0.05) is 200 Å². The predicted octanol–water partition coefficient (Wildman–Crippen LogP) is 15.1. The third kappa shape index (κ3) is 6.37. The van der Waals surface area contributed by atoms with Crippen molar-refractivity contribution in [1.82, 2.24) is 15.0 Å². The smallest absolute Gasteiger partial charge is 0.164 e. The van der Waals surface area contributed by atoms with Crippen molar-refractivity contribution in [3.05, 3.63) is 212 Å². The Hall–Kier alpha value is -7.53. The highest BCUT2D eigenvalue weighted by Gasteiger charge is 2.18. The zero-order valence-electron chi connectivity index (χ0n) is 32.0. The summed E-state index contributed by atoms with van der Waals surface area (Å²) in [6.45, 7) is 0. The fraction of sp³-hybridized carbons (Fsp3) is 0. The van der Waals surface area contributed by atoms with Gasteiger partial charge in [0.25, 0.3) is 0 Å². The van der Waals surface area contributed by atoms with Crippen molar-refractivity contribution in [3.8, 4) is 78.7 Å². The lowest BCUT2D eigenvalue weighted by atomic mass is 9.91. The minimum Gasteiger partial charge on any atom is -0.208 e. The maximum Gasteiger partial charge on any atom is 0.164 e. The first-order chi connectivity index (χ1) is 29.2. The molecule has 9 aromatic carbocycles. The second-order valence-electron chi connectivity index (χ2n) is 14.7. The molecule has 0 radical (unpaired) electrons. The van der Waals surface area contributed by atoms with Gasteiger partial charge in [-0.2, -0.15) is 0 Å². The molecule has 4 heteroatoms. The molecule has 2 aromatic heterocycles. The molecule has 0 bridgehead atoms. The van der Waals surface area contributed by atoms with E-state index in [4.69, 9.17) is 15.0 Å². The van der Waals surface area contributed by atoms with Crippen LogP contribution in [0.5, 0.6) is 0 Å². The van der Waals surface area contributed by atoms with Gasteiger partial charge in [-0.25, -0.2) is 15.0 Å². The lowest BCUT2D eigenvalue weighted by molar-refractivity contribution is 1.07. The van der Waals surface area contributed by atoms with Crippen molar-refractivity contribution < 1.29 is 0 Å². The van der Waals surface area contributed by atoms with Crippen LogP contribution in [0, 0.1) is 0 Å². The number of hydrogen-bond acceptors (Lipinski definition) is 4. The Morgan fingerprint density at radius 1 is 0.254 bits per heavy atom. The van der Waals surface area contributed by atoms with E-state index in [1.165, 1.54) is 47.6 Å². The Kier molecular flexibility index (Phi) is 8.68. The molecular formula is C55H35N3S. The molecule has 59 heavy (non-hydrogen) atoms. The molecule has 3 nitrogen and oxygen atoms in total. The van der Waals surface area contributed by atoms with Crippen LogP contribution in [0.3, 0.4) is 0 Å². The molecule has 0 amide bonds. The topological polar surface area (TPSA) is 38.7 Å². The summed E-state index contributed by atoms with van der Waals surface area (Å²) in [5.41, 5.74) is 12.1. The van der Waals surface area contributed by atoms with Gasteiger partial charge in [0.1, 0.15) is 0 Å². The van der Waals surface area contributed by atoms with Gasteiger partial charge in [-0.05, 0) is 61.8 Å². The lowest BCUT2D eigenvalue weighted by Gasteiger charge is -2.14. The number of benzene rings is 9. The minimum absolute atomic E-state index is 0.626. The quantitative estimate of drug-likeness (QED) is 0.162. The number of nitrogens with zero attached hydrogens (tertiary/aromatic N) is 3. The molecule has 0 saturated carbocycles. The Morgan fingerprint density at radius 2 is 0.746 bits per heavy atom. The molecule has 0 saturated heterocycles. The third-order valence-electron chi connectivity index (χ3n) is 11.2. The van der Waals surface area contributed by atoms with Gasteiger partial charge >= 0.3 is 0 Å². The summed E-state index contributed by atoms with van der Waals surface area (Å²) in [5, 5.41) is 5.08. The van der Waals surface area contributed by atoms with Gasteiger partial charge in [-0.15, -0.1) is 11.3 Å². The van der Waals surface area contributed by atoms with Gasteiger partial charge in [0, 0.05) is 42.4 Å². The summed E-state index contributed by atoms with van der Waals surface area (Å²) < 4.78 is 2.64. The van der Waals surface area contributed by atoms with E-state index in [2.05, 4.69) is 194 Å². The monoisotopic (exact) mass is 769 g/mol. The number of fused-ring (bicyclic) bond motifs is 4. The van der Waals surface area contributed by atoms with Crippen LogP contribution >= 0.6 is 11.3 Å². The second-order valence-corrected chi connectivity index (χ2v) is 15.8. The van der Waals surface area contributed by atoms with Crippen molar-refractivity contribution in [3.63, 3.8) is 0 Å². The molecule has 11 rings (SSSR count). The largest absolute Gasteiger partial charge is 0.208 e. The van der Waals surface area contributed by atoms with E-state index in [1.807, 2.05) is 29.5 Å². The summed E-state index contributed by atoms with van der Waals surface area (Å²) in [5.74, 6) is 1.89. The molecule has 0 aliphatic rings. The summed E-state index contributed by atoms with van der Waals surface area (Å²) in [4.78, 5) is 15.5. The van der Waals surface area contributed by atoms with E-state index in [-0.39, 0.29) is 0 Å². The van der Waals surface area contributed by atoms with Crippen molar-refractivity contribution >= 4 is 42.3 Å². The molecule has 0 atom stereocenters. The Balaban J connectivity index is 1.02. The first-order valence-electron chi connectivity index (χ1n) is 19.9. The normalized spacial score (nSPS) is 11.4. The zero-order chi connectivity index (χ0) is 39.1. The van der Waals surface area contributed by atoms with E-state index in [1.54, 1.807) is 0 Å². The SMILES string of the molecule is c1ccc(-c2cccc(-c3nc(-c4ccc(-c5ccc(-c6cccc7c6sc6ccccc67)c6ccccc56)cc4)nc(-c4ccccc4-c4ccccc4)n3)c2)cc1. The van der Waals surface area contributed by atoms with Gasteiger partial charge in [0.15, 0.2) is 17.5 Å². The van der Waals surface area contributed by atoms with Crippen LogP contribution in [-0.2, 0) is 0 Å². The summed E-state index contributed by atoms with van der Waals surface area (Å²) >= 11 is 1.87. The van der Waals surface area contributed by atoms with E-state index in [0.29, 0.717) is 17.5 Å². The molecule has 0 unspecified atom stereocenters. The molecule has 0 spiro atoms. The van der Waals surface area contributed by atoms with E-state index >= 15 is 0 Å². The number of aromatic nitrogens is 3. The molecule has 0 fully saturated rings. The van der Waals surface area contributed by atoms with E-state index in [0.717, 1.165) is 44.5 Å². The number of hydrogen-bond donors (Lipinski definition) is 0. The fourth-order valence-electron chi connectivity index (χ4n) is 8.31. The highest BCUT2D eigenvalue weighted by molar-refractivity contribution is 7.26. The highest BCUT2D eigenvalue weighted by Crippen LogP contribution is 2.43. The maximum atomic E-state index is 5.18. The fourth-order valence-corrected chi connectivity index (χ4v) is 9.54. The third-order valence-corrected chi connectivity index (χ3v) is 12.4. The van der Waals surface area contributed by atoms with Crippen molar-refractivity contribution in [1.29, 1.82) is 0 Å². The van der Waals surface area contributed by atoms with Crippen molar-refractivity contribution in [2.24, 2.45) is 0 Å². The summed E-state index contributed by atoms with van der Waals surface area (Å²) in [6.07, 6.45) is 0. The second kappa shape index (κ2) is 14.8. The van der Waals surface area contributed by atoms with Gasteiger partial charge in [0.05, 0.1) is 0 Å². The highest BCUT2D eigenvalue weighted by atomic mass is 32.1. The summed E-state index contributed by atoms with van der Waals surface area (Å²) in [7, 11) is 0. The molecule has 0 aliphatic heterocycles. The number of thiophene rings is 1. The van der Waals surface area contributed by atoms with Crippen LogP contribution in [0.15, 0.2) is 212 Å². The molecule has 276 valence electrons. The van der Waals surface area contributed by atoms with Gasteiger partial charge < -0.3 is 0 Å². The van der Waals surface area contributed by atoms with E-state index < -0.39 is 0 Å². The summed E-state index contributed by atoms with van der Waals surface area (Å²) in [6, 6.07) is 75.1. The average Bonchev–Trinajstić information content (AvgIpc) is 3.71. The van der Waals surface area contributed by atoms with Crippen molar-refractivity contribution in [2.45, 2.75) is 0 Å². The van der Waals surface area contributed by atoms with Gasteiger partial charge in [-0.3, -0.25) is 0 Å². The minimum atomic E-state index is 0.626. The van der Waals surface area contributed by atoms with Crippen LogP contribution < -0.4 is 0 Å². The van der Waals surface area contributed by atoms with Crippen LogP contribution in [-0.4, -0.2) is 15.0 Å². The lowest BCUT2D eigenvalue weighted by Crippen LogP contribution is -2.01. The molecular weight excluding hydrogens is 735 g/mol. The zero-order valence-corrected chi connectivity index (χ0v) is 32.8. The van der Waals surface area contributed by atoms with Crippen LogP contribution in [0.1, 0.15) is 0 Å². The van der Waals surface area contributed by atoms with Crippen LogP contribution in [0.4, 0.5) is 0 Å². The number of rotatable bonds is 7. The Morgan fingerprint density at radius 3 is 1.53 bits per heavy atom. The Bertz CT molecular complexity index is 3320. The van der Waals surface area contributed by atoms with Gasteiger partial charge in [0.2, 0.25) is 0 Å². The van der Waals surface area contributed by atoms with Crippen LogP contribution in [0.25, 0.3) is 110 Å². The maximum absolute atomic E-state index is 5.18. The molecule has 11 aromatic rings. The molecule has 0 aliphatic carbocycles. The standard InChI is InChI=1S/C55H35N3S/c1-3-15-36(16-4-1)40-19-13-20-41(35-40)54-56-53(57-55(58-54)50-25-10-7-21-42(50)37-17-5-2-6-18-37)39-31-29-38(30-32-39)43-33-34-46(45-23-9-8-22-44(43)45)48-26-14-27-49-47-24-11-12-28-51(47)59-52(48)49/h1-35H.